The minimum absolute atomic E-state index is 0.471. The highest BCUT2D eigenvalue weighted by atomic mass is 35.5. The molecule has 2 aromatic heterocycles. The monoisotopic (exact) mass is 278 g/mol. The molecular formula is C13H15ClN4O. The van der Waals surface area contributed by atoms with E-state index in [-0.39, 0.29) is 0 Å². The van der Waals surface area contributed by atoms with Gasteiger partial charge < -0.3 is 20.4 Å². The number of aromatic nitrogens is 2. The zero-order valence-corrected chi connectivity index (χ0v) is 11.2. The van der Waals surface area contributed by atoms with E-state index in [9.17, 15) is 0 Å². The Morgan fingerprint density at radius 3 is 2.84 bits per heavy atom. The number of nitrogens with two attached hydrogens (primary N) is 1. The molecule has 0 saturated carbocycles. The molecule has 0 aromatic carbocycles. The SMILES string of the molecule is Nc1cc(-c2ccnc(Cl)c2)[nH]c1N1CCOCC1. The number of ether oxygens (including phenoxy) is 1. The van der Waals surface area contributed by atoms with Crippen LogP contribution in [0.5, 0.6) is 0 Å². The zero-order chi connectivity index (χ0) is 13.2. The van der Waals surface area contributed by atoms with Crippen molar-refractivity contribution in [2.75, 3.05) is 36.9 Å². The molecule has 0 unspecified atom stereocenters. The van der Waals surface area contributed by atoms with Gasteiger partial charge >= 0.3 is 0 Å². The molecule has 100 valence electrons. The molecule has 1 aliphatic heterocycles. The van der Waals surface area contributed by atoms with Crippen LogP contribution in [0.25, 0.3) is 11.3 Å². The number of pyridine rings is 1. The van der Waals surface area contributed by atoms with Crippen LogP contribution in [0.3, 0.4) is 0 Å². The molecule has 3 N–H and O–H groups in total. The number of morpholine rings is 1. The maximum Gasteiger partial charge on any atom is 0.130 e. The third kappa shape index (κ3) is 2.52. The van der Waals surface area contributed by atoms with Crippen molar-refractivity contribution in [1.29, 1.82) is 0 Å². The molecule has 3 heterocycles. The van der Waals surface area contributed by atoms with Crippen LogP contribution in [0.15, 0.2) is 24.4 Å². The third-order valence-electron chi connectivity index (χ3n) is 3.19. The normalized spacial score (nSPS) is 15.7. The van der Waals surface area contributed by atoms with Gasteiger partial charge in [-0.25, -0.2) is 4.98 Å². The Balaban J connectivity index is 1.92. The average molecular weight is 279 g/mol. The number of nitrogens with zero attached hydrogens (tertiary/aromatic N) is 2. The maximum atomic E-state index is 6.09. The van der Waals surface area contributed by atoms with Gasteiger partial charge in [0, 0.05) is 30.5 Å². The molecule has 0 amide bonds. The lowest BCUT2D eigenvalue weighted by Crippen LogP contribution is -2.36. The van der Waals surface area contributed by atoms with Gasteiger partial charge in [-0.15, -0.1) is 0 Å². The second-order valence-corrected chi connectivity index (χ2v) is 4.84. The summed E-state index contributed by atoms with van der Waals surface area (Å²) in [5.74, 6) is 0.950. The Labute approximate surface area is 116 Å². The van der Waals surface area contributed by atoms with E-state index in [0.717, 1.165) is 49.1 Å². The van der Waals surface area contributed by atoms with E-state index in [2.05, 4.69) is 14.9 Å². The number of nitrogen functional groups attached to an aromatic ring is 1. The summed E-state index contributed by atoms with van der Waals surface area (Å²) in [7, 11) is 0. The summed E-state index contributed by atoms with van der Waals surface area (Å²) in [5, 5.41) is 0.471. The van der Waals surface area contributed by atoms with Crippen LogP contribution in [0.2, 0.25) is 5.15 Å². The van der Waals surface area contributed by atoms with Gasteiger partial charge in [0.1, 0.15) is 11.0 Å². The van der Waals surface area contributed by atoms with Crippen molar-refractivity contribution in [3.63, 3.8) is 0 Å². The van der Waals surface area contributed by atoms with Crippen molar-refractivity contribution in [3.8, 4) is 11.3 Å². The van der Waals surface area contributed by atoms with Crippen LogP contribution in [-0.4, -0.2) is 36.3 Å². The Hall–Kier alpha value is -1.72. The predicted octanol–water partition coefficient (Wildman–Crippen LogP) is 2.15. The molecule has 6 heteroatoms. The number of hydrogen-bond acceptors (Lipinski definition) is 4. The topological polar surface area (TPSA) is 67.2 Å². The molecule has 0 aliphatic carbocycles. The highest BCUT2D eigenvalue weighted by Gasteiger charge is 2.16. The summed E-state index contributed by atoms with van der Waals surface area (Å²) in [6, 6.07) is 5.65. The summed E-state index contributed by atoms with van der Waals surface area (Å²) in [4.78, 5) is 9.53. The minimum atomic E-state index is 0.471. The van der Waals surface area contributed by atoms with Crippen LogP contribution in [0, 0.1) is 0 Å². The van der Waals surface area contributed by atoms with Crippen LogP contribution < -0.4 is 10.6 Å². The summed E-state index contributed by atoms with van der Waals surface area (Å²) in [6.07, 6.45) is 1.68. The fourth-order valence-corrected chi connectivity index (χ4v) is 2.41. The molecule has 5 nitrogen and oxygen atoms in total. The highest BCUT2D eigenvalue weighted by molar-refractivity contribution is 6.29. The van der Waals surface area contributed by atoms with Crippen molar-refractivity contribution in [2.24, 2.45) is 0 Å². The molecule has 1 aliphatic rings. The maximum absolute atomic E-state index is 6.09. The summed E-state index contributed by atoms with van der Waals surface area (Å²) in [5.41, 5.74) is 8.75. The number of rotatable bonds is 2. The van der Waals surface area contributed by atoms with E-state index < -0.39 is 0 Å². The van der Waals surface area contributed by atoms with Gasteiger partial charge in [0.2, 0.25) is 0 Å². The van der Waals surface area contributed by atoms with E-state index >= 15 is 0 Å². The van der Waals surface area contributed by atoms with Gasteiger partial charge in [-0.05, 0) is 18.2 Å². The van der Waals surface area contributed by atoms with Crippen molar-refractivity contribution < 1.29 is 4.74 Å². The molecule has 3 rings (SSSR count). The van der Waals surface area contributed by atoms with Gasteiger partial charge in [0.05, 0.1) is 18.9 Å². The quantitative estimate of drug-likeness (QED) is 0.826. The van der Waals surface area contributed by atoms with Gasteiger partial charge in [-0.3, -0.25) is 0 Å². The first-order valence-electron chi connectivity index (χ1n) is 6.17. The standard InChI is InChI=1S/C13H15ClN4O/c14-12-7-9(1-2-16-12)11-8-10(15)13(17-11)18-3-5-19-6-4-18/h1-2,7-8,17H,3-6,15H2. The van der Waals surface area contributed by atoms with Gasteiger partial charge in [-0.1, -0.05) is 11.6 Å². The molecule has 0 bridgehead atoms. The van der Waals surface area contributed by atoms with Crippen LogP contribution in [0.1, 0.15) is 0 Å². The first kappa shape index (κ1) is 12.3. The fraction of sp³-hybridized carbons (Fsp3) is 0.308. The van der Waals surface area contributed by atoms with Crippen LogP contribution in [0.4, 0.5) is 11.5 Å². The molecule has 1 saturated heterocycles. The molecule has 1 fully saturated rings. The number of nitrogens with one attached hydrogen (secondary N) is 1. The van der Waals surface area contributed by atoms with Crippen molar-refractivity contribution >= 4 is 23.1 Å². The van der Waals surface area contributed by atoms with E-state index in [0.29, 0.717) is 5.15 Å². The highest BCUT2D eigenvalue weighted by Crippen LogP contribution is 2.30. The van der Waals surface area contributed by atoms with Crippen molar-refractivity contribution in [3.05, 3.63) is 29.5 Å². The number of anilines is 2. The predicted molar refractivity (Wildman–Crippen MR) is 76.5 cm³/mol. The lowest BCUT2D eigenvalue weighted by Gasteiger charge is -2.28. The summed E-state index contributed by atoms with van der Waals surface area (Å²) < 4.78 is 5.35. The average Bonchev–Trinajstić information content (AvgIpc) is 2.82. The second kappa shape index (κ2) is 5.11. The second-order valence-electron chi connectivity index (χ2n) is 4.45. The van der Waals surface area contributed by atoms with Crippen molar-refractivity contribution in [2.45, 2.75) is 0 Å². The number of halogens is 1. The van der Waals surface area contributed by atoms with Crippen LogP contribution >= 0.6 is 11.6 Å². The van der Waals surface area contributed by atoms with Gasteiger partial charge in [0.25, 0.3) is 0 Å². The summed E-state index contributed by atoms with van der Waals surface area (Å²) in [6.45, 7) is 3.16. The zero-order valence-electron chi connectivity index (χ0n) is 10.4. The van der Waals surface area contributed by atoms with E-state index in [1.54, 1.807) is 6.20 Å². The van der Waals surface area contributed by atoms with Crippen LogP contribution in [-0.2, 0) is 4.74 Å². The van der Waals surface area contributed by atoms with Crippen molar-refractivity contribution in [1.82, 2.24) is 9.97 Å². The number of H-pyrrole nitrogens is 1. The first-order chi connectivity index (χ1) is 9.24. The number of aromatic amines is 1. The third-order valence-corrected chi connectivity index (χ3v) is 3.40. The Kier molecular flexibility index (Phi) is 3.31. The molecular weight excluding hydrogens is 264 g/mol. The molecule has 19 heavy (non-hydrogen) atoms. The van der Waals surface area contributed by atoms with E-state index in [1.165, 1.54) is 0 Å². The molecule has 0 atom stereocenters. The number of hydrogen-bond donors (Lipinski definition) is 2. The summed E-state index contributed by atoms with van der Waals surface area (Å²) >= 11 is 5.91. The first-order valence-corrected chi connectivity index (χ1v) is 6.55. The Bertz CT molecular complexity index is 578. The van der Waals surface area contributed by atoms with E-state index in [4.69, 9.17) is 22.1 Å². The Morgan fingerprint density at radius 1 is 1.32 bits per heavy atom. The molecule has 0 radical (unpaired) electrons. The fourth-order valence-electron chi connectivity index (χ4n) is 2.23. The lowest BCUT2D eigenvalue weighted by atomic mass is 10.2. The van der Waals surface area contributed by atoms with Gasteiger partial charge in [-0.2, -0.15) is 0 Å². The Morgan fingerprint density at radius 2 is 2.11 bits per heavy atom. The van der Waals surface area contributed by atoms with Gasteiger partial charge in [0.15, 0.2) is 0 Å². The largest absolute Gasteiger partial charge is 0.396 e. The smallest absolute Gasteiger partial charge is 0.130 e. The van der Waals surface area contributed by atoms with E-state index in [1.807, 2.05) is 18.2 Å². The lowest BCUT2D eigenvalue weighted by molar-refractivity contribution is 0.122. The molecule has 0 spiro atoms. The minimum Gasteiger partial charge on any atom is -0.396 e. The molecule has 2 aromatic rings.